The standard InChI is InChI=1S/C10H11BrN2O/c1-12-10(14)6-7-13(12)9-5-3-2-4-8(9)11/h2-5H,6-7H2,1H3. The van der Waals surface area contributed by atoms with Crippen LogP contribution in [0.25, 0.3) is 0 Å². The van der Waals surface area contributed by atoms with Crippen LogP contribution in [0.2, 0.25) is 0 Å². The molecule has 1 aliphatic rings. The van der Waals surface area contributed by atoms with Crippen molar-refractivity contribution in [3.63, 3.8) is 0 Å². The fourth-order valence-corrected chi connectivity index (χ4v) is 2.08. The predicted octanol–water partition coefficient (Wildman–Crippen LogP) is 2.03. The number of rotatable bonds is 1. The van der Waals surface area contributed by atoms with Gasteiger partial charge in [-0.2, -0.15) is 0 Å². The van der Waals surface area contributed by atoms with Crippen LogP contribution in [0.3, 0.4) is 0 Å². The summed E-state index contributed by atoms with van der Waals surface area (Å²) in [5.41, 5.74) is 1.04. The van der Waals surface area contributed by atoms with Crippen molar-refractivity contribution in [2.75, 3.05) is 18.6 Å². The minimum Gasteiger partial charge on any atom is -0.282 e. The molecule has 0 bridgehead atoms. The maximum absolute atomic E-state index is 11.3. The van der Waals surface area contributed by atoms with E-state index in [0.29, 0.717) is 6.42 Å². The van der Waals surface area contributed by atoms with Crippen molar-refractivity contribution in [3.05, 3.63) is 28.7 Å². The summed E-state index contributed by atoms with van der Waals surface area (Å²) >= 11 is 3.47. The van der Waals surface area contributed by atoms with Gasteiger partial charge in [-0.05, 0) is 28.1 Å². The molecular weight excluding hydrogens is 244 g/mol. The molecule has 0 unspecified atom stereocenters. The predicted molar refractivity (Wildman–Crippen MR) is 58.9 cm³/mol. The lowest BCUT2D eigenvalue weighted by Gasteiger charge is -2.26. The second kappa shape index (κ2) is 3.61. The van der Waals surface area contributed by atoms with Crippen LogP contribution in [0.15, 0.2) is 28.7 Å². The summed E-state index contributed by atoms with van der Waals surface area (Å²) in [6, 6.07) is 7.91. The Morgan fingerprint density at radius 2 is 2.07 bits per heavy atom. The number of hydrazine groups is 1. The van der Waals surface area contributed by atoms with Gasteiger partial charge >= 0.3 is 0 Å². The van der Waals surface area contributed by atoms with E-state index in [1.54, 1.807) is 12.1 Å². The van der Waals surface area contributed by atoms with Gasteiger partial charge in [-0.15, -0.1) is 0 Å². The third kappa shape index (κ3) is 1.50. The first-order valence-corrected chi connectivity index (χ1v) is 5.28. The molecule has 1 aliphatic heterocycles. The maximum atomic E-state index is 11.3. The fourth-order valence-electron chi connectivity index (χ4n) is 1.59. The van der Waals surface area contributed by atoms with Crippen molar-refractivity contribution in [3.8, 4) is 0 Å². The zero-order valence-corrected chi connectivity index (χ0v) is 9.49. The zero-order valence-electron chi connectivity index (χ0n) is 7.90. The Labute approximate surface area is 91.4 Å². The van der Waals surface area contributed by atoms with Crippen molar-refractivity contribution < 1.29 is 4.79 Å². The molecule has 0 aliphatic carbocycles. The molecule has 14 heavy (non-hydrogen) atoms. The summed E-state index contributed by atoms with van der Waals surface area (Å²) in [4.78, 5) is 11.3. The van der Waals surface area contributed by atoms with Crippen LogP contribution >= 0.6 is 15.9 Å². The molecule has 1 saturated heterocycles. The smallest absolute Gasteiger partial charge is 0.242 e. The Morgan fingerprint density at radius 3 is 2.64 bits per heavy atom. The van der Waals surface area contributed by atoms with E-state index in [-0.39, 0.29) is 5.91 Å². The van der Waals surface area contributed by atoms with E-state index in [1.807, 2.05) is 29.3 Å². The molecule has 3 nitrogen and oxygen atoms in total. The van der Waals surface area contributed by atoms with Crippen LogP contribution in [0.1, 0.15) is 6.42 Å². The largest absolute Gasteiger partial charge is 0.282 e. The molecule has 0 atom stereocenters. The Bertz CT molecular complexity index is 367. The van der Waals surface area contributed by atoms with Crippen LogP contribution < -0.4 is 5.01 Å². The van der Waals surface area contributed by atoms with Crippen molar-refractivity contribution in [2.24, 2.45) is 0 Å². The molecule has 1 heterocycles. The van der Waals surface area contributed by atoms with Gasteiger partial charge in [-0.25, -0.2) is 0 Å². The lowest BCUT2D eigenvalue weighted by molar-refractivity contribution is -0.126. The zero-order chi connectivity index (χ0) is 10.1. The number of nitrogens with zero attached hydrogens (tertiary/aromatic N) is 2. The van der Waals surface area contributed by atoms with Gasteiger partial charge in [0.2, 0.25) is 5.91 Å². The molecular formula is C10H11BrN2O. The monoisotopic (exact) mass is 254 g/mol. The number of hydrogen-bond donors (Lipinski definition) is 0. The quantitative estimate of drug-likeness (QED) is 0.766. The molecule has 1 aromatic carbocycles. The lowest BCUT2D eigenvalue weighted by atomic mass is 10.3. The number of amides is 1. The average molecular weight is 255 g/mol. The van der Waals surface area contributed by atoms with Crippen molar-refractivity contribution in [2.45, 2.75) is 6.42 Å². The third-order valence-corrected chi connectivity index (χ3v) is 3.06. The van der Waals surface area contributed by atoms with Crippen LogP contribution in [0, 0.1) is 0 Å². The summed E-state index contributed by atoms with van der Waals surface area (Å²) in [6.07, 6.45) is 0.595. The maximum Gasteiger partial charge on any atom is 0.242 e. The van der Waals surface area contributed by atoms with Gasteiger partial charge in [0.05, 0.1) is 5.69 Å². The highest BCUT2D eigenvalue weighted by atomic mass is 79.9. The Morgan fingerprint density at radius 1 is 1.36 bits per heavy atom. The van der Waals surface area contributed by atoms with Crippen molar-refractivity contribution in [1.82, 2.24) is 5.01 Å². The van der Waals surface area contributed by atoms with Crippen molar-refractivity contribution in [1.29, 1.82) is 0 Å². The van der Waals surface area contributed by atoms with Gasteiger partial charge in [-0.3, -0.25) is 14.8 Å². The molecule has 4 heteroatoms. The van der Waals surface area contributed by atoms with E-state index in [1.165, 1.54) is 0 Å². The first-order chi connectivity index (χ1) is 6.70. The van der Waals surface area contributed by atoms with Gasteiger partial charge in [0.15, 0.2) is 0 Å². The molecule has 1 amide bonds. The second-order valence-corrected chi connectivity index (χ2v) is 4.10. The molecule has 0 aromatic heterocycles. The molecule has 1 aromatic rings. The number of para-hydroxylation sites is 1. The molecule has 74 valence electrons. The summed E-state index contributed by atoms with van der Waals surface area (Å²) in [5, 5.41) is 3.65. The third-order valence-electron chi connectivity index (χ3n) is 2.39. The first-order valence-electron chi connectivity index (χ1n) is 4.48. The van der Waals surface area contributed by atoms with Crippen LogP contribution in [-0.2, 0) is 4.79 Å². The van der Waals surface area contributed by atoms with E-state index in [9.17, 15) is 4.79 Å². The fraction of sp³-hybridized carbons (Fsp3) is 0.300. The Kier molecular flexibility index (Phi) is 2.46. The van der Waals surface area contributed by atoms with Gasteiger partial charge in [0.1, 0.15) is 0 Å². The summed E-state index contributed by atoms with van der Waals surface area (Å²) < 4.78 is 1.02. The minimum absolute atomic E-state index is 0.167. The SMILES string of the molecule is CN1C(=O)CCN1c1ccccc1Br. The Balaban J connectivity index is 2.32. The first kappa shape index (κ1) is 9.52. The lowest BCUT2D eigenvalue weighted by Crippen LogP contribution is -2.35. The van der Waals surface area contributed by atoms with Crippen LogP contribution in [-0.4, -0.2) is 24.5 Å². The minimum atomic E-state index is 0.167. The van der Waals surface area contributed by atoms with Gasteiger partial charge in [-0.1, -0.05) is 12.1 Å². The Hall–Kier alpha value is -1.03. The molecule has 1 fully saturated rings. The van der Waals surface area contributed by atoms with Crippen LogP contribution in [0.5, 0.6) is 0 Å². The highest BCUT2D eigenvalue weighted by Crippen LogP contribution is 2.28. The summed E-state index contributed by atoms with van der Waals surface area (Å²) in [6.45, 7) is 0.762. The number of carbonyl (C=O) groups is 1. The molecule has 0 saturated carbocycles. The number of halogens is 1. The number of benzene rings is 1. The normalized spacial score (nSPS) is 16.6. The number of carbonyl (C=O) groups excluding carboxylic acids is 1. The van der Waals surface area contributed by atoms with E-state index in [0.717, 1.165) is 16.7 Å². The average Bonchev–Trinajstić information content (AvgIpc) is 2.49. The van der Waals surface area contributed by atoms with Crippen molar-refractivity contribution >= 4 is 27.5 Å². The molecule has 2 rings (SSSR count). The highest BCUT2D eigenvalue weighted by molar-refractivity contribution is 9.10. The topological polar surface area (TPSA) is 23.6 Å². The van der Waals surface area contributed by atoms with Crippen LogP contribution in [0.4, 0.5) is 5.69 Å². The highest BCUT2D eigenvalue weighted by Gasteiger charge is 2.26. The van der Waals surface area contributed by atoms with E-state index >= 15 is 0 Å². The number of anilines is 1. The summed E-state index contributed by atoms with van der Waals surface area (Å²) in [5.74, 6) is 0.167. The second-order valence-electron chi connectivity index (χ2n) is 3.24. The van der Waals surface area contributed by atoms with Gasteiger partial charge in [0, 0.05) is 24.5 Å². The molecule has 0 N–H and O–H groups in total. The van der Waals surface area contributed by atoms with Gasteiger partial charge < -0.3 is 0 Å². The molecule has 0 radical (unpaired) electrons. The summed E-state index contributed by atoms with van der Waals surface area (Å²) in [7, 11) is 1.80. The number of hydrogen-bond acceptors (Lipinski definition) is 2. The van der Waals surface area contributed by atoms with E-state index < -0.39 is 0 Å². The van der Waals surface area contributed by atoms with Gasteiger partial charge in [0.25, 0.3) is 0 Å². The molecule has 0 spiro atoms. The van der Waals surface area contributed by atoms with E-state index in [4.69, 9.17) is 0 Å². The van der Waals surface area contributed by atoms with E-state index in [2.05, 4.69) is 15.9 Å².